The third-order valence-corrected chi connectivity index (χ3v) is 4.72. The summed E-state index contributed by atoms with van der Waals surface area (Å²) in [6.07, 6.45) is 5.99. The second kappa shape index (κ2) is 7.45. The number of nitrogens with one attached hydrogen (secondary N) is 1. The fraction of sp³-hybridized carbons (Fsp3) is 0.368. The Kier molecular flexibility index (Phi) is 5.11. The maximum atomic E-state index is 11.3. The minimum atomic E-state index is -0.391. The molecule has 0 unspecified atom stereocenters. The molecule has 0 spiro atoms. The number of rotatable bonds is 5. The van der Waals surface area contributed by atoms with Gasteiger partial charge in [-0.3, -0.25) is 9.78 Å². The zero-order valence-corrected chi connectivity index (χ0v) is 14.0. The molecule has 126 valence electrons. The Hall–Kier alpha value is -2.40. The average Bonchev–Trinajstić information content (AvgIpc) is 2.62. The first-order chi connectivity index (χ1) is 11.6. The number of aryl methyl sites for hydroxylation is 1. The lowest BCUT2D eigenvalue weighted by atomic mass is 10.0. The van der Waals surface area contributed by atoms with Gasteiger partial charge in [-0.1, -0.05) is 0 Å². The van der Waals surface area contributed by atoms with Crippen molar-refractivity contribution in [2.75, 3.05) is 18.0 Å². The van der Waals surface area contributed by atoms with Crippen LogP contribution in [0.1, 0.15) is 34.3 Å². The van der Waals surface area contributed by atoms with E-state index in [0.29, 0.717) is 11.6 Å². The first-order valence-corrected chi connectivity index (χ1v) is 8.42. The first-order valence-electron chi connectivity index (χ1n) is 8.42. The lowest BCUT2D eigenvalue weighted by molar-refractivity contribution is 0.100. The predicted octanol–water partition coefficient (Wildman–Crippen LogP) is 2.25. The summed E-state index contributed by atoms with van der Waals surface area (Å²) in [6.45, 7) is 5.01. The van der Waals surface area contributed by atoms with Crippen LogP contribution in [0.25, 0.3) is 0 Å². The van der Waals surface area contributed by atoms with Crippen molar-refractivity contribution in [3.63, 3.8) is 0 Å². The van der Waals surface area contributed by atoms with Gasteiger partial charge in [-0.2, -0.15) is 0 Å². The molecule has 1 aromatic heterocycles. The minimum Gasteiger partial charge on any atom is -0.366 e. The summed E-state index contributed by atoms with van der Waals surface area (Å²) in [7, 11) is 0. The summed E-state index contributed by atoms with van der Waals surface area (Å²) < 4.78 is 0. The molecule has 5 nitrogen and oxygen atoms in total. The van der Waals surface area contributed by atoms with Crippen molar-refractivity contribution in [2.45, 2.75) is 32.4 Å². The molecule has 1 aliphatic rings. The smallest absolute Gasteiger partial charge is 0.248 e. The molecule has 2 aromatic rings. The van der Waals surface area contributed by atoms with Crippen LogP contribution < -0.4 is 16.0 Å². The number of carbonyl (C=O) groups is 1. The summed E-state index contributed by atoms with van der Waals surface area (Å²) in [5.41, 5.74) is 9.50. The van der Waals surface area contributed by atoms with Crippen molar-refractivity contribution >= 4 is 11.6 Å². The number of anilines is 1. The predicted molar refractivity (Wildman–Crippen MR) is 96.0 cm³/mol. The number of aromatic nitrogens is 1. The largest absolute Gasteiger partial charge is 0.366 e. The summed E-state index contributed by atoms with van der Waals surface area (Å²) in [5.74, 6) is -0.391. The molecule has 1 fully saturated rings. The fourth-order valence-corrected chi connectivity index (χ4v) is 3.21. The van der Waals surface area contributed by atoms with Crippen LogP contribution in [0.4, 0.5) is 5.69 Å². The lowest BCUT2D eigenvalue weighted by Crippen LogP contribution is -2.43. The standard InChI is InChI=1S/C19H24N4O/c1-14-6-9-22-12-16(14)13-23(18-7-10-21-11-8-18)17-4-2-15(3-5-17)19(20)24/h2-6,9,12,18,21H,7-8,10-11,13H2,1H3,(H2,20,24). The van der Waals surface area contributed by atoms with Gasteiger partial charge < -0.3 is 16.0 Å². The number of pyridine rings is 1. The van der Waals surface area contributed by atoms with Crippen LogP contribution in [0.15, 0.2) is 42.7 Å². The lowest BCUT2D eigenvalue weighted by Gasteiger charge is -2.37. The van der Waals surface area contributed by atoms with Crippen LogP contribution in [-0.4, -0.2) is 30.0 Å². The Morgan fingerprint density at radius 1 is 1.25 bits per heavy atom. The molecule has 1 saturated heterocycles. The molecule has 0 saturated carbocycles. The highest BCUT2D eigenvalue weighted by Crippen LogP contribution is 2.25. The van der Waals surface area contributed by atoms with Gasteiger partial charge in [0.25, 0.3) is 0 Å². The molecule has 5 heteroatoms. The summed E-state index contributed by atoms with van der Waals surface area (Å²) in [6, 6.07) is 10.1. The number of benzene rings is 1. The summed E-state index contributed by atoms with van der Waals surface area (Å²) in [5, 5.41) is 3.42. The van der Waals surface area contributed by atoms with E-state index in [0.717, 1.165) is 38.2 Å². The van der Waals surface area contributed by atoms with Crippen molar-refractivity contribution in [1.29, 1.82) is 0 Å². The molecule has 0 bridgehead atoms. The molecule has 3 N–H and O–H groups in total. The van der Waals surface area contributed by atoms with Crippen LogP contribution in [0.2, 0.25) is 0 Å². The molecule has 2 heterocycles. The molecular weight excluding hydrogens is 300 g/mol. The number of primary amides is 1. The maximum absolute atomic E-state index is 11.3. The molecule has 1 aliphatic heterocycles. The van der Waals surface area contributed by atoms with Gasteiger partial charge in [0.2, 0.25) is 5.91 Å². The Morgan fingerprint density at radius 3 is 2.58 bits per heavy atom. The monoisotopic (exact) mass is 324 g/mol. The summed E-state index contributed by atoms with van der Waals surface area (Å²) >= 11 is 0. The third kappa shape index (κ3) is 3.74. The highest BCUT2D eigenvalue weighted by Gasteiger charge is 2.22. The van der Waals surface area contributed by atoms with E-state index in [1.807, 2.05) is 42.7 Å². The van der Waals surface area contributed by atoms with E-state index in [9.17, 15) is 4.79 Å². The second-order valence-corrected chi connectivity index (χ2v) is 6.32. The van der Waals surface area contributed by atoms with Crippen molar-refractivity contribution in [1.82, 2.24) is 10.3 Å². The van der Waals surface area contributed by atoms with Crippen molar-refractivity contribution in [3.8, 4) is 0 Å². The van der Waals surface area contributed by atoms with E-state index < -0.39 is 5.91 Å². The van der Waals surface area contributed by atoms with E-state index in [4.69, 9.17) is 5.73 Å². The molecule has 24 heavy (non-hydrogen) atoms. The highest BCUT2D eigenvalue weighted by molar-refractivity contribution is 5.93. The zero-order chi connectivity index (χ0) is 16.9. The van der Waals surface area contributed by atoms with Crippen LogP contribution in [0, 0.1) is 6.92 Å². The van der Waals surface area contributed by atoms with E-state index in [-0.39, 0.29) is 0 Å². The molecule has 3 rings (SSSR count). The number of carbonyl (C=O) groups excluding carboxylic acids is 1. The Morgan fingerprint density at radius 2 is 1.96 bits per heavy atom. The van der Waals surface area contributed by atoms with Gasteiger partial charge in [0.1, 0.15) is 0 Å². The number of nitrogens with two attached hydrogens (primary N) is 1. The van der Waals surface area contributed by atoms with Crippen LogP contribution >= 0.6 is 0 Å². The Labute approximate surface area is 142 Å². The number of amides is 1. The molecular formula is C19H24N4O. The van der Waals surface area contributed by atoms with Gasteiger partial charge in [-0.05, 0) is 74.3 Å². The van der Waals surface area contributed by atoms with Gasteiger partial charge in [0, 0.05) is 36.2 Å². The van der Waals surface area contributed by atoms with Gasteiger partial charge in [0.15, 0.2) is 0 Å². The zero-order valence-electron chi connectivity index (χ0n) is 14.0. The van der Waals surface area contributed by atoms with E-state index >= 15 is 0 Å². The van der Waals surface area contributed by atoms with Crippen molar-refractivity contribution in [2.24, 2.45) is 5.73 Å². The van der Waals surface area contributed by atoms with Gasteiger partial charge in [-0.25, -0.2) is 0 Å². The second-order valence-electron chi connectivity index (χ2n) is 6.32. The number of piperidine rings is 1. The van der Waals surface area contributed by atoms with Gasteiger partial charge in [-0.15, -0.1) is 0 Å². The number of hydrogen-bond donors (Lipinski definition) is 2. The molecule has 0 aliphatic carbocycles. The molecule has 1 amide bonds. The van der Waals surface area contributed by atoms with Crippen LogP contribution in [0.5, 0.6) is 0 Å². The highest BCUT2D eigenvalue weighted by atomic mass is 16.1. The maximum Gasteiger partial charge on any atom is 0.248 e. The van der Waals surface area contributed by atoms with E-state index in [1.54, 1.807) is 0 Å². The molecule has 1 aromatic carbocycles. The van der Waals surface area contributed by atoms with Gasteiger partial charge in [0.05, 0.1) is 0 Å². The topological polar surface area (TPSA) is 71.2 Å². The fourth-order valence-electron chi connectivity index (χ4n) is 3.21. The van der Waals surface area contributed by atoms with Crippen molar-refractivity contribution < 1.29 is 4.79 Å². The normalized spacial score (nSPS) is 15.2. The number of hydrogen-bond acceptors (Lipinski definition) is 4. The van der Waals surface area contributed by atoms with E-state index in [1.165, 1.54) is 11.1 Å². The summed E-state index contributed by atoms with van der Waals surface area (Å²) in [4.78, 5) is 18.0. The van der Waals surface area contributed by atoms with Gasteiger partial charge >= 0.3 is 0 Å². The Balaban J connectivity index is 1.89. The van der Waals surface area contributed by atoms with Crippen molar-refractivity contribution in [3.05, 3.63) is 59.4 Å². The molecule has 0 atom stereocenters. The van der Waals surface area contributed by atoms with E-state index in [2.05, 4.69) is 22.1 Å². The first kappa shape index (κ1) is 16.5. The third-order valence-electron chi connectivity index (χ3n) is 4.72. The van der Waals surface area contributed by atoms with Crippen LogP contribution in [-0.2, 0) is 6.54 Å². The quantitative estimate of drug-likeness (QED) is 0.885. The minimum absolute atomic E-state index is 0.391. The Bertz CT molecular complexity index is 693. The molecule has 0 radical (unpaired) electrons. The van der Waals surface area contributed by atoms with Crippen LogP contribution in [0.3, 0.4) is 0 Å². The average molecular weight is 324 g/mol. The number of nitrogens with zero attached hydrogens (tertiary/aromatic N) is 2. The SMILES string of the molecule is Cc1ccncc1CN(c1ccc(C(N)=O)cc1)C1CCNCC1.